The van der Waals surface area contributed by atoms with Crippen molar-refractivity contribution in [3.05, 3.63) is 46.2 Å². The molecule has 0 radical (unpaired) electrons. The van der Waals surface area contributed by atoms with Gasteiger partial charge in [0, 0.05) is 18.7 Å². The molecule has 0 saturated heterocycles. The van der Waals surface area contributed by atoms with Crippen LogP contribution >= 0.6 is 15.9 Å². The Morgan fingerprint density at radius 3 is 2.76 bits per heavy atom. The van der Waals surface area contributed by atoms with Gasteiger partial charge >= 0.3 is 0 Å². The van der Waals surface area contributed by atoms with Crippen LogP contribution in [0.5, 0.6) is 5.75 Å². The highest BCUT2D eigenvalue weighted by Crippen LogP contribution is 2.29. The van der Waals surface area contributed by atoms with Crippen molar-refractivity contribution in [2.75, 3.05) is 7.11 Å². The molecule has 21 heavy (non-hydrogen) atoms. The molecule has 0 bridgehead atoms. The Kier molecular flexibility index (Phi) is 5.42. The lowest BCUT2D eigenvalue weighted by Crippen LogP contribution is -2.07. The third-order valence-corrected chi connectivity index (χ3v) is 4.29. The first-order chi connectivity index (χ1) is 10.0. The summed E-state index contributed by atoms with van der Waals surface area (Å²) in [5.41, 5.74) is 1.75. The number of ether oxygens (including phenoxy) is 1. The zero-order valence-corrected chi connectivity index (χ0v) is 14.2. The van der Waals surface area contributed by atoms with Crippen LogP contribution < -0.4 is 4.74 Å². The smallest absolute Gasteiger partial charge is 0.133 e. The highest BCUT2D eigenvalue weighted by Gasteiger charge is 2.13. The zero-order valence-electron chi connectivity index (χ0n) is 12.6. The van der Waals surface area contributed by atoms with E-state index in [9.17, 15) is 5.11 Å². The third-order valence-electron chi connectivity index (χ3n) is 3.67. The van der Waals surface area contributed by atoms with Crippen molar-refractivity contribution in [1.82, 2.24) is 9.78 Å². The SMILES string of the molecule is CCC(C)n1ccc(CC(O)c2ccc(OC)c(Br)c2)n1. The van der Waals surface area contributed by atoms with Crippen molar-refractivity contribution in [1.29, 1.82) is 0 Å². The summed E-state index contributed by atoms with van der Waals surface area (Å²) >= 11 is 3.44. The summed E-state index contributed by atoms with van der Waals surface area (Å²) in [5, 5.41) is 14.9. The Labute approximate surface area is 133 Å². The summed E-state index contributed by atoms with van der Waals surface area (Å²) in [6.45, 7) is 4.27. The molecule has 114 valence electrons. The molecule has 1 aromatic heterocycles. The molecule has 0 aliphatic heterocycles. The summed E-state index contributed by atoms with van der Waals surface area (Å²) in [7, 11) is 1.62. The monoisotopic (exact) mass is 352 g/mol. The molecule has 1 heterocycles. The molecule has 0 amide bonds. The number of aromatic nitrogens is 2. The van der Waals surface area contributed by atoms with E-state index >= 15 is 0 Å². The summed E-state index contributed by atoms with van der Waals surface area (Å²) in [6.07, 6.45) is 2.93. The Morgan fingerprint density at radius 1 is 1.38 bits per heavy atom. The fourth-order valence-electron chi connectivity index (χ4n) is 2.12. The largest absolute Gasteiger partial charge is 0.496 e. The molecule has 0 fully saturated rings. The maximum absolute atomic E-state index is 10.4. The molecule has 2 unspecified atom stereocenters. The maximum atomic E-state index is 10.4. The van der Waals surface area contributed by atoms with Crippen molar-refractivity contribution in [2.24, 2.45) is 0 Å². The molecule has 4 nitrogen and oxygen atoms in total. The lowest BCUT2D eigenvalue weighted by Gasteiger charge is -2.12. The van der Waals surface area contributed by atoms with Gasteiger partial charge in [0.15, 0.2) is 0 Å². The first kappa shape index (κ1) is 16.0. The van der Waals surface area contributed by atoms with E-state index < -0.39 is 6.10 Å². The minimum absolute atomic E-state index is 0.381. The van der Waals surface area contributed by atoms with Gasteiger partial charge in [0.1, 0.15) is 5.75 Å². The number of benzene rings is 1. The molecule has 1 N–H and O–H groups in total. The van der Waals surface area contributed by atoms with Crippen molar-refractivity contribution in [3.63, 3.8) is 0 Å². The maximum Gasteiger partial charge on any atom is 0.133 e. The molecule has 5 heteroatoms. The molecule has 0 spiro atoms. The van der Waals surface area contributed by atoms with Crippen LogP contribution in [-0.4, -0.2) is 22.0 Å². The van der Waals surface area contributed by atoms with Crippen LogP contribution in [0.3, 0.4) is 0 Å². The van der Waals surface area contributed by atoms with E-state index in [1.54, 1.807) is 7.11 Å². The quantitative estimate of drug-likeness (QED) is 0.857. The predicted molar refractivity (Wildman–Crippen MR) is 86.6 cm³/mol. The van der Waals surface area contributed by atoms with E-state index in [0.717, 1.165) is 27.9 Å². The van der Waals surface area contributed by atoms with Crippen LogP contribution in [0.2, 0.25) is 0 Å². The molecule has 0 aliphatic rings. The summed E-state index contributed by atoms with van der Waals surface area (Å²) in [4.78, 5) is 0. The van der Waals surface area contributed by atoms with Gasteiger partial charge in [-0.2, -0.15) is 5.10 Å². The van der Waals surface area contributed by atoms with Crippen LogP contribution in [0.15, 0.2) is 34.9 Å². The third kappa shape index (κ3) is 3.86. The van der Waals surface area contributed by atoms with Gasteiger partial charge in [0.05, 0.1) is 23.4 Å². The first-order valence-electron chi connectivity index (χ1n) is 7.10. The summed E-state index contributed by atoms with van der Waals surface area (Å²) in [5.74, 6) is 0.756. The van der Waals surface area contributed by atoms with E-state index in [1.807, 2.05) is 35.1 Å². The Morgan fingerprint density at radius 2 is 2.14 bits per heavy atom. The average molecular weight is 353 g/mol. The predicted octanol–water partition coefficient (Wildman–Crippen LogP) is 3.90. The van der Waals surface area contributed by atoms with Gasteiger partial charge in [-0.05, 0) is 53.0 Å². The molecular weight excluding hydrogens is 332 g/mol. The van der Waals surface area contributed by atoms with Crippen molar-refractivity contribution >= 4 is 15.9 Å². The Bertz CT molecular complexity index is 598. The number of halogens is 1. The standard InChI is InChI=1S/C16H21BrN2O2/c1-4-11(2)19-8-7-13(18-19)10-15(20)12-5-6-16(21-3)14(17)9-12/h5-9,11,15,20H,4,10H2,1-3H3. The second kappa shape index (κ2) is 7.09. The minimum Gasteiger partial charge on any atom is -0.496 e. The van der Waals surface area contributed by atoms with Crippen LogP contribution in [0.25, 0.3) is 0 Å². The Balaban J connectivity index is 2.08. The van der Waals surface area contributed by atoms with Crippen molar-refractivity contribution in [3.8, 4) is 5.75 Å². The topological polar surface area (TPSA) is 47.3 Å². The normalized spacial score (nSPS) is 14.0. The second-order valence-corrected chi connectivity index (χ2v) is 6.01. The van der Waals surface area contributed by atoms with E-state index in [1.165, 1.54) is 0 Å². The fraction of sp³-hybridized carbons (Fsp3) is 0.438. The fourth-order valence-corrected chi connectivity index (χ4v) is 2.68. The van der Waals surface area contributed by atoms with Gasteiger partial charge in [-0.3, -0.25) is 4.68 Å². The van der Waals surface area contributed by atoms with Gasteiger partial charge in [0.2, 0.25) is 0 Å². The summed E-state index contributed by atoms with van der Waals surface area (Å²) < 4.78 is 7.99. The lowest BCUT2D eigenvalue weighted by atomic mass is 10.1. The van der Waals surface area contributed by atoms with E-state index in [4.69, 9.17) is 4.74 Å². The highest BCUT2D eigenvalue weighted by molar-refractivity contribution is 9.10. The molecular formula is C16H21BrN2O2. The number of nitrogens with zero attached hydrogens (tertiary/aromatic N) is 2. The molecule has 2 aromatic rings. The number of aliphatic hydroxyl groups is 1. The number of hydrogen-bond donors (Lipinski definition) is 1. The molecule has 1 aromatic carbocycles. The van der Waals surface area contributed by atoms with Crippen LogP contribution in [-0.2, 0) is 6.42 Å². The number of methoxy groups -OCH3 is 1. The molecule has 0 saturated carbocycles. The summed E-state index contributed by atoms with van der Waals surface area (Å²) in [6, 6.07) is 7.95. The average Bonchev–Trinajstić information content (AvgIpc) is 2.94. The Hall–Kier alpha value is -1.33. The van der Waals surface area contributed by atoms with Gasteiger partial charge in [-0.15, -0.1) is 0 Å². The van der Waals surface area contributed by atoms with E-state index in [-0.39, 0.29) is 0 Å². The van der Waals surface area contributed by atoms with Gasteiger partial charge in [-0.25, -0.2) is 0 Å². The zero-order chi connectivity index (χ0) is 15.4. The van der Waals surface area contributed by atoms with E-state index in [0.29, 0.717) is 12.5 Å². The molecule has 0 aliphatic carbocycles. The van der Waals surface area contributed by atoms with Crippen LogP contribution in [0.4, 0.5) is 0 Å². The minimum atomic E-state index is -0.576. The van der Waals surface area contributed by atoms with Crippen LogP contribution in [0, 0.1) is 0 Å². The van der Waals surface area contributed by atoms with Crippen molar-refractivity contribution in [2.45, 2.75) is 38.8 Å². The lowest BCUT2D eigenvalue weighted by molar-refractivity contribution is 0.176. The van der Waals surface area contributed by atoms with E-state index in [2.05, 4.69) is 34.9 Å². The van der Waals surface area contributed by atoms with Gasteiger partial charge in [-0.1, -0.05) is 13.0 Å². The molecule has 2 atom stereocenters. The molecule has 2 rings (SSSR count). The van der Waals surface area contributed by atoms with Gasteiger partial charge < -0.3 is 9.84 Å². The first-order valence-corrected chi connectivity index (χ1v) is 7.90. The van der Waals surface area contributed by atoms with Crippen LogP contribution in [0.1, 0.15) is 43.7 Å². The number of hydrogen-bond acceptors (Lipinski definition) is 3. The number of rotatable bonds is 6. The highest BCUT2D eigenvalue weighted by atomic mass is 79.9. The van der Waals surface area contributed by atoms with Gasteiger partial charge in [0.25, 0.3) is 0 Å². The second-order valence-electron chi connectivity index (χ2n) is 5.16. The van der Waals surface area contributed by atoms with Crippen molar-refractivity contribution < 1.29 is 9.84 Å². The number of aliphatic hydroxyl groups excluding tert-OH is 1.